The summed E-state index contributed by atoms with van der Waals surface area (Å²) < 4.78 is 12.8. The molecule has 2 amide bonds. The lowest BCUT2D eigenvalue weighted by atomic mass is 10.2. The molecule has 2 aromatic rings. The van der Waals surface area contributed by atoms with Gasteiger partial charge in [0.2, 0.25) is 11.9 Å². The van der Waals surface area contributed by atoms with Crippen molar-refractivity contribution >= 4 is 17.6 Å². The highest BCUT2D eigenvalue weighted by Crippen LogP contribution is 2.03. The average molecular weight is 273 g/mol. The Kier molecular flexibility index (Phi) is 4.39. The molecular formula is C14H12FN3O2. The summed E-state index contributed by atoms with van der Waals surface area (Å²) in [5.74, 6) is -1.42. The minimum absolute atomic E-state index is 0.101. The third kappa shape index (κ3) is 3.88. The number of hydrogen-bond acceptors (Lipinski definition) is 3. The van der Waals surface area contributed by atoms with Crippen LogP contribution in [0, 0.1) is 5.95 Å². The van der Waals surface area contributed by atoms with Gasteiger partial charge in [-0.3, -0.25) is 9.59 Å². The van der Waals surface area contributed by atoms with E-state index in [0.29, 0.717) is 5.56 Å². The Labute approximate surface area is 114 Å². The molecule has 0 radical (unpaired) electrons. The molecule has 1 aromatic carbocycles. The van der Waals surface area contributed by atoms with Crippen LogP contribution in [-0.4, -0.2) is 23.3 Å². The van der Waals surface area contributed by atoms with Crippen molar-refractivity contribution < 1.29 is 14.0 Å². The normalized spacial score (nSPS) is 9.85. The van der Waals surface area contributed by atoms with Gasteiger partial charge in [0.05, 0.1) is 6.54 Å². The van der Waals surface area contributed by atoms with E-state index in [2.05, 4.69) is 15.6 Å². The molecule has 2 rings (SSSR count). The van der Waals surface area contributed by atoms with Crippen molar-refractivity contribution in [3.63, 3.8) is 0 Å². The van der Waals surface area contributed by atoms with Crippen LogP contribution in [0.1, 0.15) is 10.4 Å². The monoisotopic (exact) mass is 273 g/mol. The molecule has 2 N–H and O–H groups in total. The van der Waals surface area contributed by atoms with Crippen LogP contribution in [0.5, 0.6) is 0 Å². The second kappa shape index (κ2) is 6.42. The molecule has 0 saturated carbocycles. The number of rotatable bonds is 4. The molecule has 0 saturated heterocycles. The maximum Gasteiger partial charge on any atom is 0.251 e. The largest absolute Gasteiger partial charge is 0.343 e. The number of anilines is 1. The van der Waals surface area contributed by atoms with Gasteiger partial charge >= 0.3 is 0 Å². The summed E-state index contributed by atoms with van der Waals surface area (Å²) in [6, 6.07) is 12.6. The second-order valence-corrected chi connectivity index (χ2v) is 3.94. The highest BCUT2D eigenvalue weighted by molar-refractivity contribution is 5.98. The summed E-state index contributed by atoms with van der Waals surface area (Å²) in [7, 11) is 0. The molecule has 1 heterocycles. The summed E-state index contributed by atoms with van der Waals surface area (Å²) >= 11 is 0. The van der Waals surface area contributed by atoms with Gasteiger partial charge in [0.25, 0.3) is 5.91 Å². The highest BCUT2D eigenvalue weighted by Gasteiger charge is 2.08. The average Bonchev–Trinajstić information content (AvgIpc) is 2.46. The topological polar surface area (TPSA) is 71.1 Å². The lowest BCUT2D eigenvalue weighted by molar-refractivity contribution is -0.115. The molecule has 20 heavy (non-hydrogen) atoms. The Morgan fingerprint density at radius 3 is 2.50 bits per heavy atom. The van der Waals surface area contributed by atoms with Gasteiger partial charge in [-0.15, -0.1) is 0 Å². The number of nitrogens with zero attached hydrogens (tertiary/aromatic N) is 1. The van der Waals surface area contributed by atoms with Crippen LogP contribution in [0.15, 0.2) is 48.5 Å². The molecule has 0 spiro atoms. The van der Waals surface area contributed by atoms with Crippen molar-refractivity contribution in [1.82, 2.24) is 10.3 Å². The summed E-state index contributed by atoms with van der Waals surface area (Å²) in [6.45, 7) is -0.216. The van der Waals surface area contributed by atoms with Gasteiger partial charge in [0.1, 0.15) is 5.82 Å². The van der Waals surface area contributed by atoms with Gasteiger partial charge in [-0.2, -0.15) is 4.39 Å². The van der Waals surface area contributed by atoms with E-state index >= 15 is 0 Å². The minimum atomic E-state index is -0.684. The van der Waals surface area contributed by atoms with Crippen molar-refractivity contribution in [1.29, 1.82) is 0 Å². The zero-order valence-corrected chi connectivity index (χ0v) is 10.5. The fraction of sp³-hybridized carbons (Fsp3) is 0.0714. The maximum atomic E-state index is 12.8. The number of halogens is 1. The molecule has 0 fully saturated rings. The van der Waals surface area contributed by atoms with Crippen molar-refractivity contribution in [2.45, 2.75) is 0 Å². The zero-order chi connectivity index (χ0) is 14.4. The number of benzene rings is 1. The Bertz CT molecular complexity index is 617. The van der Waals surface area contributed by atoms with Gasteiger partial charge in [-0.05, 0) is 24.3 Å². The van der Waals surface area contributed by atoms with E-state index in [-0.39, 0.29) is 18.3 Å². The first kappa shape index (κ1) is 13.7. The summed E-state index contributed by atoms with van der Waals surface area (Å²) in [6.07, 6.45) is 0. The predicted octanol–water partition coefficient (Wildman–Crippen LogP) is 1.59. The molecule has 0 atom stereocenters. The van der Waals surface area contributed by atoms with E-state index in [1.165, 1.54) is 18.2 Å². The lowest BCUT2D eigenvalue weighted by Gasteiger charge is -2.06. The van der Waals surface area contributed by atoms with E-state index in [4.69, 9.17) is 0 Å². The quantitative estimate of drug-likeness (QED) is 0.831. The first-order valence-electron chi connectivity index (χ1n) is 5.91. The van der Waals surface area contributed by atoms with E-state index in [9.17, 15) is 14.0 Å². The van der Waals surface area contributed by atoms with Gasteiger partial charge in [-0.1, -0.05) is 24.3 Å². The van der Waals surface area contributed by atoms with Crippen LogP contribution in [0.4, 0.5) is 10.2 Å². The van der Waals surface area contributed by atoms with Crippen molar-refractivity contribution in [3.05, 3.63) is 60.0 Å². The Balaban J connectivity index is 1.85. The van der Waals surface area contributed by atoms with E-state index < -0.39 is 11.9 Å². The molecule has 0 bridgehead atoms. The Morgan fingerprint density at radius 2 is 1.80 bits per heavy atom. The standard InChI is InChI=1S/C14H12FN3O2/c15-11-7-4-8-12(17-11)18-13(19)9-16-14(20)10-5-2-1-3-6-10/h1-8H,9H2,(H,16,20)(H,17,18,19). The molecular weight excluding hydrogens is 261 g/mol. The number of carbonyl (C=O) groups excluding carboxylic acids is 2. The first-order valence-corrected chi connectivity index (χ1v) is 5.91. The SMILES string of the molecule is O=C(CNC(=O)c1ccccc1)Nc1cccc(F)n1. The highest BCUT2D eigenvalue weighted by atomic mass is 19.1. The smallest absolute Gasteiger partial charge is 0.251 e. The van der Waals surface area contributed by atoms with Gasteiger partial charge in [-0.25, -0.2) is 4.98 Å². The molecule has 102 valence electrons. The third-order valence-corrected chi connectivity index (χ3v) is 2.43. The molecule has 0 aliphatic carbocycles. The van der Waals surface area contributed by atoms with Gasteiger partial charge in [0.15, 0.2) is 0 Å². The van der Waals surface area contributed by atoms with E-state index in [1.807, 2.05) is 0 Å². The fourth-order valence-corrected chi connectivity index (χ4v) is 1.52. The van der Waals surface area contributed by atoms with Gasteiger partial charge in [0, 0.05) is 5.56 Å². The Hall–Kier alpha value is -2.76. The van der Waals surface area contributed by atoms with Crippen molar-refractivity contribution in [3.8, 4) is 0 Å². The summed E-state index contributed by atoms with van der Waals surface area (Å²) in [5, 5.41) is 4.85. The molecule has 5 nitrogen and oxygen atoms in total. The lowest BCUT2D eigenvalue weighted by Crippen LogP contribution is -2.33. The molecule has 0 aliphatic heterocycles. The predicted molar refractivity (Wildman–Crippen MR) is 71.6 cm³/mol. The molecule has 1 aromatic heterocycles. The van der Waals surface area contributed by atoms with Crippen LogP contribution >= 0.6 is 0 Å². The number of pyridine rings is 1. The first-order chi connectivity index (χ1) is 9.65. The number of hydrogen-bond donors (Lipinski definition) is 2. The molecule has 0 aliphatic rings. The van der Waals surface area contributed by atoms with Crippen molar-refractivity contribution in [2.75, 3.05) is 11.9 Å². The number of nitrogens with one attached hydrogen (secondary N) is 2. The number of carbonyl (C=O) groups is 2. The third-order valence-electron chi connectivity index (χ3n) is 2.43. The Morgan fingerprint density at radius 1 is 1.05 bits per heavy atom. The maximum absolute atomic E-state index is 12.8. The zero-order valence-electron chi connectivity index (χ0n) is 10.5. The summed E-state index contributed by atoms with van der Waals surface area (Å²) in [4.78, 5) is 26.7. The number of aromatic nitrogens is 1. The van der Waals surface area contributed by atoms with Crippen LogP contribution in [0.3, 0.4) is 0 Å². The second-order valence-electron chi connectivity index (χ2n) is 3.94. The fourth-order valence-electron chi connectivity index (χ4n) is 1.52. The van der Waals surface area contributed by atoms with Crippen molar-refractivity contribution in [2.24, 2.45) is 0 Å². The summed E-state index contributed by atoms with van der Waals surface area (Å²) in [5.41, 5.74) is 0.462. The number of amides is 2. The van der Waals surface area contributed by atoms with Crippen LogP contribution in [-0.2, 0) is 4.79 Å². The van der Waals surface area contributed by atoms with Crippen LogP contribution in [0.2, 0.25) is 0 Å². The van der Waals surface area contributed by atoms with Crippen LogP contribution in [0.25, 0.3) is 0 Å². The molecule has 6 heteroatoms. The van der Waals surface area contributed by atoms with Gasteiger partial charge < -0.3 is 10.6 Å². The minimum Gasteiger partial charge on any atom is -0.343 e. The molecule has 0 unspecified atom stereocenters. The van der Waals surface area contributed by atoms with Crippen LogP contribution < -0.4 is 10.6 Å². The van der Waals surface area contributed by atoms with E-state index in [0.717, 1.165) is 0 Å². The van der Waals surface area contributed by atoms with E-state index in [1.54, 1.807) is 30.3 Å².